The molecule has 11 nitrogen and oxygen atoms in total. The van der Waals surface area contributed by atoms with Gasteiger partial charge < -0.3 is 30.1 Å². The molecule has 2 aliphatic heterocycles. The van der Waals surface area contributed by atoms with Crippen LogP contribution in [0.4, 0.5) is 26.3 Å². The highest BCUT2D eigenvalue weighted by atomic mass is 32.1. The van der Waals surface area contributed by atoms with Crippen LogP contribution in [0.2, 0.25) is 0 Å². The number of halogens is 6. The zero-order chi connectivity index (χ0) is 40.9. The third kappa shape index (κ3) is 8.89. The largest absolute Gasteiger partial charge is 0.493 e. The zero-order valence-electron chi connectivity index (χ0n) is 30.5. The molecule has 5 rings (SSSR count). The van der Waals surface area contributed by atoms with Crippen LogP contribution in [0.15, 0.2) is 54.0 Å². The molecule has 2 saturated heterocycles. The van der Waals surface area contributed by atoms with Crippen molar-refractivity contribution in [2.45, 2.75) is 94.1 Å². The van der Waals surface area contributed by atoms with Crippen LogP contribution in [0.3, 0.4) is 0 Å². The number of para-hydroxylation sites is 1. The first-order valence-electron chi connectivity index (χ1n) is 18.2. The minimum absolute atomic E-state index is 0.00415. The lowest BCUT2D eigenvalue weighted by Crippen LogP contribution is -2.69. The number of thiophene rings is 1. The molecule has 3 amide bonds. The van der Waals surface area contributed by atoms with Gasteiger partial charge in [0.1, 0.15) is 22.1 Å². The Labute approximate surface area is 322 Å². The normalized spacial score (nSPS) is 20.0. The second kappa shape index (κ2) is 17.1. The number of nitrogens with zero attached hydrogens (tertiary/aromatic N) is 3. The highest BCUT2D eigenvalue weighted by Crippen LogP contribution is 2.45. The number of benzene rings is 1. The number of carbonyl (C=O) groups excluding carboxylic acids is 3. The maximum atomic E-state index is 15.0. The molecule has 1 aromatic carbocycles. The van der Waals surface area contributed by atoms with Gasteiger partial charge >= 0.3 is 18.3 Å². The van der Waals surface area contributed by atoms with E-state index in [2.05, 4.69) is 4.98 Å². The predicted octanol–water partition coefficient (Wildman–Crippen LogP) is 7.08. The number of ether oxygens (including phenoxy) is 2. The van der Waals surface area contributed by atoms with Gasteiger partial charge in [-0.2, -0.15) is 26.3 Å². The number of rotatable bonds is 14. The summed E-state index contributed by atoms with van der Waals surface area (Å²) >= 11 is 0.346. The quantitative estimate of drug-likeness (QED) is 0.129. The van der Waals surface area contributed by atoms with Crippen LogP contribution in [-0.4, -0.2) is 81.5 Å². The van der Waals surface area contributed by atoms with Crippen LogP contribution in [0.5, 0.6) is 11.5 Å². The monoisotopic (exact) mass is 812 g/mol. The lowest BCUT2D eigenvalue weighted by Gasteiger charge is -2.51. The van der Waals surface area contributed by atoms with E-state index in [1.54, 1.807) is 31.2 Å². The first kappa shape index (κ1) is 42.3. The van der Waals surface area contributed by atoms with E-state index in [9.17, 15) is 40.7 Å². The number of nitrogens with two attached hydrogens (primary N) is 1. The number of piperidine rings is 2. The molecule has 2 atom stereocenters. The van der Waals surface area contributed by atoms with E-state index in [1.165, 1.54) is 4.90 Å². The van der Waals surface area contributed by atoms with Gasteiger partial charge in [-0.05, 0) is 56.7 Å². The Bertz CT molecular complexity index is 1900. The summed E-state index contributed by atoms with van der Waals surface area (Å²) in [6.07, 6.45) is -7.52. The summed E-state index contributed by atoms with van der Waals surface area (Å²) in [5, 5.41) is 10.0. The minimum Gasteiger partial charge on any atom is -0.493 e. The van der Waals surface area contributed by atoms with E-state index in [4.69, 9.17) is 20.3 Å². The molecule has 2 aliphatic rings. The maximum absolute atomic E-state index is 15.0. The van der Waals surface area contributed by atoms with Crippen molar-refractivity contribution in [3.8, 4) is 11.5 Å². The van der Waals surface area contributed by atoms with Crippen LogP contribution >= 0.6 is 11.3 Å². The molecule has 0 bridgehead atoms. The third-order valence-corrected chi connectivity index (χ3v) is 11.3. The Morgan fingerprint density at radius 3 is 2.32 bits per heavy atom. The van der Waals surface area contributed by atoms with Crippen LogP contribution in [-0.2, 0) is 32.2 Å². The molecule has 3 aromatic rings. The lowest BCUT2D eigenvalue weighted by molar-refractivity contribution is -0.161. The predicted molar refractivity (Wildman–Crippen MR) is 191 cm³/mol. The van der Waals surface area contributed by atoms with Crippen molar-refractivity contribution in [1.82, 2.24) is 14.8 Å². The lowest BCUT2D eigenvalue weighted by atomic mass is 9.71. The van der Waals surface area contributed by atoms with Crippen molar-refractivity contribution >= 4 is 35.0 Å². The average molecular weight is 813 g/mol. The fourth-order valence-corrected chi connectivity index (χ4v) is 8.31. The van der Waals surface area contributed by atoms with Crippen molar-refractivity contribution in [2.24, 2.45) is 5.73 Å². The molecule has 56 heavy (non-hydrogen) atoms. The van der Waals surface area contributed by atoms with E-state index in [0.29, 0.717) is 41.9 Å². The number of hydrogen-bond donors (Lipinski definition) is 2. The molecular formula is C38H42F6N4O7S. The van der Waals surface area contributed by atoms with Gasteiger partial charge in [0.15, 0.2) is 0 Å². The molecule has 0 radical (unpaired) electrons. The van der Waals surface area contributed by atoms with Crippen molar-refractivity contribution in [3.63, 3.8) is 0 Å². The van der Waals surface area contributed by atoms with Gasteiger partial charge in [-0.3, -0.25) is 24.2 Å². The van der Waals surface area contributed by atoms with E-state index in [0.717, 1.165) is 34.7 Å². The van der Waals surface area contributed by atoms with Gasteiger partial charge in [0.2, 0.25) is 11.5 Å². The fourth-order valence-electron chi connectivity index (χ4n) is 7.63. The van der Waals surface area contributed by atoms with E-state index >= 15 is 4.79 Å². The summed E-state index contributed by atoms with van der Waals surface area (Å²) in [6.45, 7) is 1.66. The topological polar surface area (TPSA) is 152 Å². The van der Waals surface area contributed by atoms with Gasteiger partial charge in [0.05, 0.1) is 23.6 Å². The Hall–Kier alpha value is -4.87. The standard InChI is InChI=1S/C38H42F6N4O7S/c1-2-9-28-36(55-24-22-29(56-23-24)38(42,43)44,14-8-18-48(28)32(51)31-26(37(39,40)41)11-7-17-46-31)34(53)47-19-15-35(16-20-47,33(45)52)25-10-3-4-12-27(25)54-21-6-5-13-30(49)50/h3-4,7,10-12,17,22-23,28H,2,5-6,8-9,13-16,18-21H2,1H3,(H2,45,52)(H,49,50)/t28?,36-/m0/s1. The first-order chi connectivity index (χ1) is 26.4. The number of primary amides is 1. The number of likely N-dealkylation sites (tertiary alicyclic amines) is 2. The Kier molecular flexibility index (Phi) is 12.9. The van der Waals surface area contributed by atoms with Gasteiger partial charge in [0, 0.05) is 55.7 Å². The maximum Gasteiger partial charge on any atom is 0.425 e. The van der Waals surface area contributed by atoms with Crippen LogP contribution in [0, 0.1) is 0 Å². The minimum atomic E-state index is -4.94. The molecule has 0 spiro atoms. The molecule has 3 N–H and O–H groups in total. The van der Waals surface area contributed by atoms with Gasteiger partial charge in [-0.15, -0.1) is 11.3 Å². The Morgan fingerprint density at radius 1 is 0.982 bits per heavy atom. The van der Waals surface area contributed by atoms with Gasteiger partial charge in [0.25, 0.3) is 11.8 Å². The summed E-state index contributed by atoms with van der Waals surface area (Å²) in [4.78, 5) is 58.5. The fraction of sp³-hybridized carbons (Fsp3) is 0.500. The molecule has 2 fully saturated rings. The molecule has 18 heteroatoms. The van der Waals surface area contributed by atoms with Crippen LogP contribution < -0.4 is 15.2 Å². The Morgan fingerprint density at radius 2 is 1.70 bits per heavy atom. The first-order valence-corrected chi connectivity index (χ1v) is 19.0. The second-order valence-electron chi connectivity index (χ2n) is 13.9. The molecule has 4 heterocycles. The molecule has 1 unspecified atom stereocenters. The SMILES string of the molecule is CCCC1N(C(=O)c2ncccc2C(F)(F)F)CCC[C@@]1(Oc1csc(C(F)(F)F)c1)C(=O)N1CCC(C(N)=O)(c2ccccc2OCCCCC(=O)O)CC1. The number of carbonyl (C=O) groups is 4. The number of unbranched alkanes of at least 4 members (excludes halogenated alkanes) is 1. The summed E-state index contributed by atoms with van der Waals surface area (Å²) in [5.74, 6) is -3.38. The van der Waals surface area contributed by atoms with Crippen molar-refractivity contribution < 1.29 is 60.1 Å². The number of hydrogen-bond acceptors (Lipinski definition) is 8. The number of amides is 3. The summed E-state index contributed by atoms with van der Waals surface area (Å²) < 4.78 is 95.6. The number of alkyl halides is 6. The Balaban J connectivity index is 1.50. The zero-order valence-corrected chi connectivity index (χ0v) is 31.3. The molecule has 0 saturated carbocycles. The molecular weight excluding hydrogens is 770 g/mol. The number of carboxylic acid groups (broad SMARTS) is 1. The smallest absolute Gasteiger partial charge is 0.425 e. The highest BCUT2D eigenvalue weighted by Gasteiger charge is 2.57. The summed E-state index contributed by atoms with van der Waals surface area (Å²) in [5.41, 5.74) is 0.998. The van der Waals surface area contributed by atoms with Crippen molar-refractivity contribution in [1.29, 1.82) is 0 Å². The molecule has 0 aliphatic carbocycles. The van der Waals surface area contributed by atoms with Gasteiger partial charge in [-0.25, -0.2) is 0 Å². The number of aromatic nitrogens is 1. The van der Waals surface area contributed by atoms with Gasteiger partial charge in [-0.1, -0.05) is 31.5 Å². The van der Waals surface area contributed by atoms with Crippen LogP contribution in [0.25, 0.3) is 0 Å². The number of carboxylic acids is 1. The van der Waals surface area contributed by atoms with Crippen molar-refractivity contribution in [3.05, 3.63) is 75.7 Å². The van der Waals surface area contributed by atoms with E-state index < -0.39 is 69.2 Å². The van der Waals surface area contributed by atoms with Crippen LogP contribution in [0.1, 0.15) is 91.2 Å². The molecule has 2 aromatic heterocycles. The van der Waals surface area contributed by atoms with E-state index in [-0.39, 0.29) is 70.5 Å². The summed E-state index contributed by atoms with van der Waals surface area (Å²) in [7, 11) is 0. The second-order valence-corrected chi connectivity index (χ2v) is 14.8. The number of aliphatic carboxylic acids is 1. The molecule has 304 valence electrons. The van der Waals surface area contributed by atoms with E-state index in [1.807, 2.05) is 0 Å². The highest BCUT2D eigenvalue weighted by molar-refractivity contribution is 7.10. The third-order valence-electron chi connectivity index (χ3n) is 10.3. The summed E-state index contributed by atoms with van der Waals surface area (Å²) in [6, 6.07) is 8.02. The van der Waals surface area contributed by atoms with Crippen molar-refractivity contribution in [2.75, 3.05) is 26.2 Å². The number of pyridine rings is 1. The average Bonchev–Trinajstić information content (AvgIpc) is 3.64.